The Morgan fingerprint density at radius 3 is 2.62 bits per heavy atom. The van der Waals surface area contributed by atoms with Crippen LogP contribution in [-0.4, -0.2) is 9.67 Å². The molecule has 6 nitrogen and oxygen atoms in total. The highest BCUT2D eigenvalue weighted by Gasteiger charge is 2.21. The van der Waals surface area contributed by atoms with Gasteiger partial charge in [0.1, 0.15) is 17.3 Å². The number of nitrogens with zero attached hydrogens (tertiary/aromatic N) is 4. The fourth-order valence-electron chi connectivity index (χ4n) is 2.26. The van der Waals surface area contributed by atoms with Crippen molar-refractivity contribution in [2.24, 2.45) is 10.2 Å². The molecule has 0 aliphatic rings. The predicted molar refractivity (Wildman–Crippen MR) is 92.4 cm³/mol. The number of azo groups is 1. The Labute approximate surface area is 144 Å². The first kappa shape index (κ1) is 17.7. The van der Waals surface area contributed by atoms with Crippen molar-refractivity contribution >= 4 is 23.0 Å². The van der Waals surface area contributed by atoms with Crippen LogP contribution < -0.4 is 5.56 Å². The summed E-state index contributed by atoms with van der Waals surface area (Å²) < 4.78 is 1.17. The summed E-state index contributed by atoms with van der Waals surface area (Å²) >= 11 is 6.03. The quantitative estimate of drug-likeness (QED) is 0.809. The number of pyridine rings is 1. The lowest BCUT2D eigenvalue weighted by Crippen LogP contribution is -2.24. The van der Waals surface area contributed by atoms with Gasteiger partial charge in [-0.25, -0.2) is 0 Å². The van der Waals surface area contributed by atoms with Crippen molar-refractivity contribution in [3.63, 3.8) is 0 Å². The largest absolute Gasteiger partial charge is 0.493 e. The first-order valence-corrected chi connectivity index (χ1v) is 7.84. The zero-order chi connectivity index (χ0) is 17.9. The molecule has 1 heterocycles. The fraction of sp³-hybridized carbons (Fsp3) is 0.294. The number of halogens is 1. The van der Waals surface area contributed by atoms with Crippen molar-refractivity contribution in [1.29, 1.82) is 5.26 Å². The topological polar surface area (TPSA) is 90.7 Å². The second-order valence-corrected chi connectivity index (χ2v) is 5.78. The van der Waals surface area contributed by atoms with Gasteiger partial charge in [-0.05, 0) is 32.4 Å². The molecule has 0 spiro atoms. The van der Waals surface area contributed by atoms with Gasteiger partial charge < -0.3 is 5.11 Å². The standard InChI is InChI=1S/C17H17ClN4O2/c1-4-10(2)22-16(23)12(9-19)11(3)15(17(22)24)21-20-14-8-6-5-7-13(14)18/h5-8,10,23H,4H2,1-3H3. The number of benzene rings is 1. The predicted octanol–water partition coefficient (Wildman–Crippen LogP) is 4.77. The Balaban J connectivity index is 2.69. The Bertz CT molecular complexity index is 897. The summed E-state index contributed by atoms with van der Waals surface area (Å²) in [5.74, 6) is -0.342. The third-order valence-electron chi connectivity index (χ3n) is 3.86. The number of rotatable bonds is 4. The van der Waals surface area contributed by atoms with E-state index in [0.717, 1.165) is 0 Å². The van der Waals surface area contributed by atoms with Crippen LogP contribution in [0.4, 0.5) is 11.4 Å². The molecule has 0 saturated carbocycles. The van der Waals surface area contributed by atoms with E-state index in [1.54, 1.807) is 38.1 Å². The highest BCUT2D eigenvalue weighted by Crippen LogP contribution is 2.30. The lowest BCUT2D eigenvalue weighted by molar-refractivity contribution is 0.372. The number of nitriles is 1. The minimum atomic E-state index is -0.492. The summed E-state index contributed by atoms with van der Waals surface area (Å²) in [7, 11) is 0. The van der Waals surface area contributed by atoms with Crippen LogP contribution in [0.3, 0.4) is 0 Å². The maximum absolute atomic E-state index is 12.7. The van der Waals surface area contributed by atoms with Crippen molar-refractivity contribution < 1.29 is 5.11 Å². The molecule has 1 N–H and O–H groups in total. The lowest BCUT2D eigenvalue weighted by Gasteiger charge is -2.17. The van der Waals surface area contributed by atoms with Gasteiger partial charge in [-0.3, -0.25) is 9.36 Å². The van der Waals surface area contributed by atoms with Crippen LogP contribution in [0.15, 0.2) is 39.3 Å². The molecule has 2 rings (SSSR count). The van der Waals surface area contributed by atoms with Gasteiger partial charge in [-0.15, -0.1) is 10.2 Å². The van der Waals surface area contributed by atoms with Crippen LogP contribution in [0.5, 0.6) is 5.88 Å². The fourth-order valence-corrected chi connectivity index (χ4v) is 2.43. The lowest BCUT2D eigenvalue weighted by atomic mass is 10.1. The molecule has 124 valence electrons. The van der Waals surface area contributed by atoms with Gasteiger partial charge in [-0.2, -0.15) is 5.26 Å². The van der Waals surface area contributed by atoms with Crippen LogP contribution in [-0.2, 0) is 0 Å². The summed E-state index contributed by atoms with van der Waals surface area (Å²) in [6, 6.07) is 8.49. The van der Waals surface area contributed by atoms with Crippen molar-refractivity contribution in [2.75, 3.05) is 0 Å². The van der Waals surface area contributed by atoms with Gasteiger partial charge >= 0.3 is 0 Å². The highest BCUT2D eigenvalue weighted by atomic mass is 35.5. The molecule has 0 radical (unpaired) electrons. The number of aromatic hydroxyl groups is 1. The number of hydrogen-bond donors (Lipinski definition) is 1. The van der Waals surface area contributed by atoms with Crippen LogP contribution in [0.1, 0.15) is 37.4 Å². The SMILES string of the molecule is CCC(C)n1c(O)c(C#N)c(C)c(N=Nc2ccccc2Cl)c1=O. The van der Waals surface area contributed by atoms with Crippen molar-refractivity contribution in [2.45, 2.75) is 33.2 Å². The summed E-state index contributed by atoms with van der Waals surface area (Å²) in [6.07, 6.45) is 0.614. The first-order valence-electron chi connectivity index (χ1n) is 7.46. The van der Waals surface area contributed by atoms with Crippen molar-refractivity contribution in [1.82, 2.24) is 4.57 Å². The molecule has 2 aromatic rings. The normalized spacial score (nSPS) is 12.3. The Morgan fingerprint density at radius 1 is 1.38 bits per heavy atom. The molecule has 1 atom stereocenters. The summed E-state index contributed by atoms with van der Waals surface area (Å²) in [6.45, 7) is 5.22. The molecule has 1 aromatic heterocycles. The van der Waals surface area contributed by atoms with Crippen LogP contribution in [0, 0.1) is 18.3 Å². The Kier molecular flexibility index (Phi) is 5.37. The van der Waals surface area contributed by atoms with Gasteiger partial charge in [0.25, 0.3) is 5.56 Å². The van der Waals surface area contributed by atoms with E-state index in [0.29, 0.717) is 17.1 Å². The molecule has 0 saturated heterocycles. The molecule has 0 aliphatic heterocycles. The van der Waals surface area contributed by atoms with Crippen LogP contribution in [0.25, 0.3) is 0 Å². The number of aromatic nitrogens is 1. The van der Waals surface area contributed by atoms with E-state index in [9.17, 15) is 15.2 Å². The Hall–Kier alpha value is -2.65. The molecule has 24 heavy (non-hydrogen) atoms. The molecule has 0 amide bonds. The minimum absolute atomic E-state index is 0.0167. The van der Waals surface area contributed by atoms with Gasteiger partial charge in [0.15, 0.2) is 5.69 Å². The highest BCUT2D eigenvalue weighted by molar-refractivity contribution is 6.32. The Morgan fingerprint density at radius 2 is 2.04 bits per heavy atom. The van der Waals surface area contributed by atoms with Crippen molar-refractivity contribution in [3.8, 4) is 11.9 Å². The molecule has 0 bridgehead atoms. The third kappa shape index (κ3) is 3.17. The van der Waals surface area contributed by atoms with Gasteiger partial charge in [0.2, 0.25) is 5.88 Å². The van der Waals surface area contributed by atoms with E-state index in [1.165, 1.54) is 4.57 Å². The van der Waals surface area contributed by atoms with E-state index in [1.807, 2.05) is 13.0 Å². The van der Waals surface area contributed by atoms with E-state index in [-0.39, 0.29) is 28.7 Å². The monoisotopic (exact) mass is 344 g/mol. The molecular formula is C17H17ClN4O2. The zero-order valence-corrected chi connectivity index (χ0v) is 14.4. The maximum atomic E-state index is 12.7. The third-order valence-corrected chi connectivity index (χ3v) is 4.18. The summed E-state index contributed by atoms with van der Waals surface area (Å²) in [5.41, 5.74) is 0.247. The van der Waals surface area contributed by atoms with Gasteiger partial charge in [-0.1, -0.05) is 30.7 Å². The first-order chi connectivity index (χ1) is 11.4. The smallest absolute Gasteiger partial charge is 0.281 e. The minimum Gasteiger partial charge on any atom is -0.493 e. The molecule has 1 unspecified atom stereocenters. The number of hydrogen-bond acceptors (Lipinski definition) is 5. The molecular weight excluding hydrogens is 328 g/mol. The van der Waals surface area contributed by atoms with Crippen LogP contribution >= 0.6 is 11.6 Å². The summed E-state index contributed by atoms with van der Waals surface area (Å²) in [5, 5.41) is 28.0. The van der Waals surface area contributed by atoms with E-state index in [4.69, 9.17) is 11.6 Å². The van der Waals surface area contributed by atoms with E-state index >= 15 is 0 Å². The second-order valence-electron chi connectivity index (χ2n) is 5.37. The molecule has 0 aliphatic carbocycles. The zero-order valence-electron chi connectivity index (χ0n) is 13.6. The maximum Gasteiger partial charge on any atom is 0.281 e. The van der Waals surface area contributed by atoms with Crippen molar-refractivity contribution in [3.05, 3.63) is 50.8 Å². The van der Waals surface area contributed by atoms with Gasteiger partial charge in [0, 0.05) is 11.6 Å². The van der Waals surface area contributed by atoms with Crippen LogP contribution in [0.2, 0.25) is 5.02 Å². The van der Waals surface area contributed by atoms with E-state index in [2.05, 4.69) is 10.2 Å². The molecule has 0 fully saturated rings. The average molecular weight is 345 g/mol. The van der Waals surface area contributed by atoms with E-state index < -0.39 is 5.56 Å². The molecule has 1 aromatic carbocycles. The summed E-state index contributed by atoms with van der Waals surface area (Å²) in [4.78, 5) is 12.7. The molecule has 7 heteroatoms. The second kappa shape index (κ2) is 7.28. The van der Waals surface area contributed by atoms with Gasteiger partial charge in [0.05, 0.1) is 5.02 Å². The average Bonchev–Trinajstić information content (AvgIpc) is 2.56.